The number of aliphatic hydroxyl groups excluding tert-OH is 1. The third kappa shape index (κ3) is 2.13. The molecule has 1 fully saturated rings. The summed E-state index contributed by atoms with van der Waals surface area (Å²) in [7, 11) is 0. The molecular weight excluding hydrogens is 288 g/mol. The highest BCUT2D eigenvalue weighted by Crippen LogP contribution is 2.39. The molecule has 1 atom stereocenters. The van der Waals surface area contributed by atoms with Crippen molar-refractivity contribution in [2.75, 3.05) is 19.7 Å². The van der Waals surface area contributed by atoms with E-state index in [2.05, 4.69) is 23.7 Å². The largest absolute Gasteiger partial charge is 0.392 e. The fourth-order valence-electron chi connectivity index (χ4n) is 3.93. The molecule has 4 heteroatoms. The highest BCUT2D eigenvalue weighted by Gasteiger charge is 2.35. The van der Waals surface area contributed by atoms with Gasteiger partial charge < -0.3 is 15.0 Å². The Bertz CT molecular complexity index is 831. The van der Waals surface area contributed by atoms with Gasteiger partial charge in [-0.3, -0.25) is 4.79 Å². The lowest BCUT2D eigenvalue weighted by Gasteiger charge is -2.33. The molecule has 0 radical (unpaired) electrons. The number of hydrogen-bond donors (Lipinski definition) is 2. The van der Waals surface area contributed by atoms with Crippen LogP contribution in [0.5, 0.6) is 0 Å². The standard InChI is InChI=1S/C19H20N2O2/c1-12-13-6-9-21(19(23)16(13)8-11-22)10-7-15-14-4-2-3-5-17(14)20-18(12)15/h2-5,8,13,20,22H,1,6-7,9-11H2/b16-8-/t13-/m1/s1. The van der Waals surface area contributed by atoms with Crippen molar-refractivity contribution in [2.24, 2.45) is 5.92 Å². The van der Waals surface area contributed by atoms with Crippen molar-refractivity contribution < 1.29 is 9.90 Å². The van der Waals surface area contributed by atoms with Gasteiger partial charge in [0.15, 0.2) is 0 Å². The SMILES string of the molecule is C=C1c2[nH]c3ccccc3c2CCN2CC[C@H]1/C(=C/CO)C2=O. The van der Waals surface area contributed by atoms with E-state index < -0.39 is 0 Å². The van der Waals surface area contributed by atoms with Crippen LogP contribution in [-0.2, 0) is 11.2 Å². The number of aromatic nitrogens is 1. The molecular formula is C19H20N2O2. The Morgan fingerprint density at radius 3 is 3.00 bits per heavy atom. The number of H-pyrrole nitrogens is 1. The number of para-hydroxylation sites is 1. The summed E-state index contributed by atoms with van der Waals surface area (Å²) in [5.41, 5.74) is 5.09. The Morgan fingerprint density at radius 2 is 2.17 bits per heavy atom. The maximum atomic E-state index is 12.7. The van der Waals surface area contributed by atoms with Crippen molar-refractivity contribution in [1.82, 2.24) is 9.88 Å². The van der Waals surface area contributed by atoms with Crippen LogP contribution in [-0.4, -0.2) is 40.6 Å². The van der Waals surface area contributed by atoms with E-state index in [1.54, 1.807) is 6.08 Å². The van der Waals surface area contributed by atoms with E-state index in [1.165, 1.54) is 10.9 Å². The molecule has 2 aromatic rings. The van der Waals surface area contributed by atoms with E-state index in [0.717, 1.165) is 36.2 Å². The number of allylic oxidation sites excluding steroid dienone is 1. The van der Waals surface area contributed by atoms with E-state index >= 15 is 0 Å². The zero-order valence-electron chi connectivity index (χ0n) is 13.0. The number of aliphatic hydroxyl groups is 1. The van der Waals surface area contributed by atoms with Crippen LogP contribution in [0.3, 0.4) is 0 Å². The number of carbonyl (C=O) groups is 1. The van der Waals surface area contributed by atoms with Crippen molar-refractivity contribution in [3.05, 3.63) is 53.8 Å². The number of amides is 1. The number of fused-ring (bicyclic) bond motifs is 4. The zero-order valence-corrected chi connectivity index (χ0v) is 13.0. The Balaban J connectivity index is 1.90. The molecule has 5 rings (SSSR count). The van der Waals surface area contributed by atoms with Crippen LogP contribution in [0, 0.1) is 5.92 Å². The van der Waals surface area contributed by atoms with Crippen molar-refractivity contribution in [3.63, 3.8) is 0 Å². The number of carbonyl (C=O) groups excluding carboxylic acids is 1. The fraction of sp³-hybridized carbons (Fsp3) is 0.316. The zero-order chi connectivity index (χ0) is 16.0. The summed E-state index contributed by atoms with van der Waals surface area (Å²) in [6.07, 6.45) is 3.34. The minimum atomic E-state index is -0.113. The molecule has 1 aromatic carbocycles. The van der Waals surface area contributed by atoms with E-state index in [1.807, 2.05) is 17.0 Å². The lowest BCUT2D eigenvalue weighted by Crippen LogP contribution is -2.41. The van der Waals surface area contributed by atoms with Gasteiger partial charge in [0.05, 0.1) is 6.61 Å². The van der Waals surface area contributed by atoms with Crippen molar-refractivity contribution in [2.45, 2.75) is 12.8 Å². The average Bonchev–Trinajstić information content (AvgIpc) is 2.96. The number of piperidine rings is 1. The third-order valence-electron chi connectivity index (χ3n) is 5.10. The molecule has 3 aliphatic heterocycles. The summed E-state index contributed by atoms with van der Waals surface area (Å²) in [6.45, 7) is 5.66. The molecule has 0 aliphatic carbocycles. The highest BCUT2D eigenvalue weighted by atomic mass is 16.2. The van der Waals surface area contributed by atoms with Crippen molar-refractivity contribution in [1.29, 1.82) is 0 Å². The lowest BCUT2D eigenvalue weighted by atomic mass is 9.83. The summed E-state index contributed by atoms with van der Waals surface area (Å²) in [5, 5.41) is 10.5. The molecule has 4 heterocycles. The number of nitrogens with zero attached hydrogens (tertiary/aromatic N) is 1. The van der Waals surface area contributed by atoms with E-state index in [-0.39, 0.29) is 18.4 Å². The molecule has 118 valence electrons. The average molecular weight is 308 g/mol. The summed E-state index contributed by atoms with van der Waals surface area (Å²) < 4.78 is 0. The normalized spacial score (nSPS) is 23.1. The molecule has 1 saturated heterocycles. The van der Waals surface area contributed by atoms with Gasteiger partial charge in [-0.25, -0.2) is 0 Å². The molecule has 1 amide bonds. The first-order valence-corrected chi connectivity index (χ1v) is 8.09. The van der Waals surface area contributed by atoms with Crippen LogP contribution in [0.25, 0.3) is 16.5 Å². The van der Waals surface area contributed by atoms with Gasteiger partial charge in [-0.2, -0.15) is 0 Å². The molecule has 4 nitrogen and oxygen atoms in total. The number of rotatable bonds is 1. The molecule has 0 spiro atoms. The Morgan fingerprint density at radius 1 is 1.35 bits per heavy atom. The lowest BCUT2D eigenvalue weighted by molar-refractivity contribution is -0.129. The quantitative estimate of drug-likeness (QED) is 0.795. The van der Waals surface area contributed by atoms with Crippen LogP contribution < -0.4 is 0 Å². The highest BCUT2D eigenvalue weighted by molar-refractivity contribution is 5.99. The number of benzene rings is 1. The van der Waals surface area contributed by atoms with Gasteiger partial charge in [0, 0.05) is 41.2 Å². The summed E-state index contributed by atoms with van der Waals surface area (Å²) in [5.74, 6) is 0.0294. The number of hydrogen-bond acceptors (Lipinski definition) is 2. The number of nitrogens with one attached hydrogen (secondary N) is 1. The molecule has 1 aromatic heterocycles. The Hall–Kier alpha value is -2.33. The summed E-state index contributed by atoms with van der Waals surface area (Å²) >= 11 is 0. The van der Waals surface area contributed by atoms with Crippen LogP contribution in [0.2, 0.25) is 0 Å². The molecule has 23 heavy (non-hydrogen) atoms. The fourth-order valence-corrected chi connectivity index (χ4v) is 3.93. The van der Waals surface area contributed by atoms with Gasteiger partial charge in [0.25, 0.3) is 0 Å². The maximum absolute atomic E-state index is 12.7. The first-order valence-electron chi connectivity index (χ1n) is 8.09. The second-order valence-electron chi connectivity index (χ2n) is 6.27. The maximum Gasteiger partial charge on any atom is 0.250 e. The van der Waals surface area contributed by atoms with E-state index in [9.17, 15) is 9.90 Å². The van der Waals surface area contributed by atoms with Gasteiger partial charge in [0.2, 0.25) is 5.91 Å². The predicted octanol–water partition coefficient (Wildman–Crippen LogP) is 2.50. The topological polar surface area (TPSA) is 56.3 Å². The smallest absolute Gasteiger partial charge is 0.250 e. The minimum Gasteiger partial charge on any atom is -0.392 e. The van der Waals surface area contributed by atoms with Crippen LogP contribution in [0.4, 0.5) is 0 Å². The minimum absolute atomic E-state index is 0.0178. The molecule has 2 N–H and O–H groups in total. The van der Waals surface area contributed by atoms with E-state index in [4.69, 9.17) is 0 Å². The van der Waals surface area contributed by atoms with Gasteiger partial charge in [0.1, 0.15) is 0 Å². The van der Waals surface area contributed by atoms with Crippen LogP contribution in [0.15, 0.2) is 42.5 Å². The first kappa shape index (κ1) is 14.3. The molecule has 2 bridgehead atoms. The third-order valence-corrected chi connectivity index (χ3v) is 5.10. The van der Waals surface area contributed by atoms with Crippen LogP contribution >= 0.6 is 0 Å². The predicted molar refractivity (Wildman–Crippen MR) is 90.9 cm³/mol. The second kappa shape index (κ2) is 5.39. The first-order chi connectivity index (χ1) is 11.2. The van der Waals surface area contributed by atoms with Crippen LogP contribution in [0.1, 0.15) is 17.7 Å². The monoisotopic (exact) mass is 308 g/mol. The Labute approximate surface area is 135 Å². The molecule has 0 saturated carbocycles. The van der Waals surface area contributed by atoms with Gasteiger partial charge in [-0.05, 0) is 36.1 Å². The van der Waals surface area contributed by atoms with Crippen molar-refractivity contribution >= 4 is 22.4 Å². The summed E-state index contributed by atoms with van der Waals surface area (Å²) in [6, 6.07) is 8.27. The molecule has 0 unspecified atom stereocenters. The second-order valence-corrected chi connectivity index (χ2v) is 6.27. The van der Waals surface area contributed by atoms with Gasteiger partial charge >= 0.3 is 0 Å². The molecule has 3 aliphatic rings. The van der Waals surface area contributed by atoms with Crippen molar-refractivity contribution in [3.8, 4) is 0 Å². The summed E-state index contributed by atoms with van der Waals surface area (Å²) in [4.78, 5) is 18.1. The van der Waals surface area contributed by atoms with E-state index in [0.29, 0.717) is 12.1 Å². The van der Waals surface area contributed by atoms with Gasteiger partial charge in [-0.1, -0.05) is 24.8 Å². The number of aromatic amines is 1. The Kier molecular flexibility index (Phi) is 3.34. The van der Waals surface area contributed by atoms with Gasteiger partial charge in [-0.15, -0.1) is 0 Å².